The average molecular weight is 259 g/mol. The summed E-state index contributed by atoms with van der Waals surface area (Å²) < 4.78 is 11.2. The van der Waals surface area contributed by atoms with E-state index in [0.717, 1.165) is 38.6 Å². The van der Waals surface area contributed by atoms with Gasteiger partial charge in [-0.15, -0.1) is 0 Å². The summed E-state index contributed by atoms with van der Waals surface area (Å²) >= 11 is 0. The lowest BCUT2D eigenvalue weighted by Gasteiger charge is -2.27. The highest BCUT2D eigenvalue weighted by atomic mass is 16.7. The van der Waals surface area contributed by atoms with Crippen LogP contribution in [-0.2, 0) is 9.47 Å². The third-order valence-electron chi connectivity index (χ3n) is 3.50. The quantitative estimate of drug-likeness (QED) is 0.500. The molecule has 0 aromatic heterocycles. The fourth-order valence-electron chi connectivity index (χ4n) is 2.17. The van der Waals surface area contributed by atoms with E-state index in [1.165, 1.54) is 19.4 Å². The minimum atomic E-state index is -0.0317. The molecule has 0 heterocycles. The molecule has 0 aromatic carbocycles. The van der Waals surface area contributed by atoms with Crippen LogP contribution in [0.15, 0.2) is 0 Å². The lowest BCUT2D eigenvalue weighted by molar-refractivity contribution is -0.141. The number of rotatable bonds is 12. The van der Waals surface area contributed by atoms with Gasteiger partial charge in [-0.25, -0.2) is 0 Å². The molecule has 0 saturated heterocycles. The van der Waals surface area contributed by atoms with Crippen LogP contribution in [0.1, 0.15) is 53.9 Å². The molecule has 0 saturated carbocycles. The normalized spacial score (nSPS) is 12.0. The molecule has 0 aliphatic heterocycles. The number of hydrogen-bond donors (Lipinski definition) is 0. The Balaban J connectivity index is 4.02. The number of ether oxygens (including phenoxy) is 2. The van der Waals surface area contributed by atoms with Crippen molar-refractivity contribution in [2.75, 3.05) is 32.8 Å². The van der Waals surface area contributed by atoms with E-state index in [1.807, 2.05) is 13.8 Å². The van der Waals surface area contributed by atoms with Gasteiger partial charge in [0.15, 0.2) is 6.29 Å². The summed E-state index contributed by atoms with van der Waals surface area (Å²) in [7, 11) is 0. The van der Waals surface area contributed by atoms with Crippen molar-refractivity contribution >= 4 is 0 Å². The number of hydrogen-bond acceptors (Lipinski definition) is 3. The van der Waals surface area contributed by atoms with E-state index in [1.54, 1.807) is 0 Å². The molecular weight excluding hydrogens is 226 g/mol. The van der Waals surface area contributed by atoms with E-state index in [-0.39, 0.29) is 6.29 Å². The first-order valence-electron chi connectivity index (χ1n) is 7.67. The van der Waals surface area contributed by atoms with E-state index >= 15 is 0 Å². The first kappa shape index (κ1) is 17.9. The van der Waals surface area contributed by atoms with Crippen molar-refractivity contribution in [1.29, 1.82) is 0 Å². The summed E-state index contributed by atoms with van der Waals surface area (Å²) in [6, 6.07) is 0. The molecule has 110 valence electrons. The lowest BCUT2D eigenvalue weighted by atomic mass is 10.0. The monoisotopic (exact) mass is 259 g/mol. The van der Waals surface area contributed by atoms with Crippen molar-refractivity contribution < 1.29 is 9.47 Å². The van der Waals surface area contributed by atoms with Crippen LogP contribution >= 0.6 is 0 Å². The smallest absolute Gasteiger partial charge is 0.158 e. The van der Waals surface area contributed by atoms with Gasteiger partial charge in [-0.05, 0) is 26.3 Å². The van der Waals surface area contributed by atoms with Gasteiger partial charge in [0.1, 0.15) is 0 Å². The molecule has 0 aliphatic rings. The molecule has 0 rings (SSSR count). The van der Waals surface area contributed by atoms with Gasteiger partial charge in [0.2, 0.25) is 0 Å². The second kappa shape index (κ2) is 11.9. The highest BCUT2D eigenvalue weighted by Crippen LogP contribution is 2.11. The maximum Gasteiger partial charge on any atom is 0.158 e. The minimum Gasteiger partial charge on any atom is -0.353 e. The largest absolute Gasteiger partial charge is 0.353 e. The summed E-state index contributed by atoms with van der Waals surface area (Å²) in [6.07, 6.45) is 3.48. The summed E-state index contributed by atoms with van der Waals surface area (Å²) in [5, 5.41) is 0. The van der Waals surface area contributed by atoms with Crippen LogP contribution in [0.3, 0.4) is 0 Å². The van der Waals surface area contributed by atoms with Gasteiger partial charge in [0.25, 0.3) is 0 Å². The van der Waals surface area contributed by atoms with Crippen molar-refractivity contribution in [1.82, 2.24) is 4.90 Å². The maximum absolute atomic E-state index is 5.59. The average Bonchev–Trinajstić information content (AvgIpc) is 2.39. The molecule has 0 aliphatic carbocycles. The standard InChI is InChI=1S/C15H33NO2/c1-6-14(7-2)13-16(8-3)12-11-15(17-9-4)18-10-5/h14-15H,6-13H2,1-5H3. The van der Waals surface area contributed by atoms with Crippen LogP contribution in [0.5, 0.6) is 0 Å². The fraction of sp³-hybridized carbons (Fsp3) is 1.00. The van der Waals surface area contributed by atoms with Gasteiger partial charge in [-0.2, -0.15) is 0 Å². The van der Waals surface area contributed by atoms with Gasteiger partial charge >= 0.3 is 0 Å². The van der Waals surface area contributed by atoms with Gasteiger partial charge in [-0.1, -0.05) is 33.6 Å². The summed E-state index contributed by atoms with van der Waals surface area (Å²) in [6.45, 7) is 15.7. The van der Waals surface area contributed by atoms with Crippen LogP contribution in [0.2, 0.25) is 0 Å². The lowest BCUT2D eigenvalue weighted by Crippen LogP contribution is -2.33. The Morgan fingerprint density at radius 3 is 1.83 bits per heavy atom. The zero-order valence-electron chi connectivity index (χ0n) is 13.1. The topological polar surface area (TPSA) is 21.7 Å². The summed E-state index contributed by atoms with van der Waals surface area (Å²) in [4.78, 5) is 2.52. The van der Waals surface area contributed by atoms with Crippen molar-refractivity contribution in [2.24, 2.45) is 5.92 Å². The SMILES string of the molecule is CCOC(CCN(CC)CC(CC)CC)OCC. The Morgan fingerprint density at radius 2 is 1.44 bits per heavy atom. The molecule has 0 N–H and O–H groups in total. The molecule has 0 aromatic rings. The van der Waals surface area contributed by atoms with Crippen LogP contribution in [0.4, 0.5) is 0 Å². The van der Waals surface area contributed by atoms with Crippen molar-refractivity contribution in [3.8, 4) is 0 Å². The molecule has 18 heavy (non-hydrogen) atoms. The third kappa shape index (κ3) is 8.06. The Morgan fingerprint density at radius 1 is 0.889 bits per heavy atom. The van der Waals surface area contributed by atoms with Crippen molar-refractivity contribution in [3.05, 3.63) is 0 Å². The van der Waals surface area contributed by atoms with Gasteiger partial charge in [-0.3, -0.25) is 0 Å². The second-order valence-corrected chi connectivity index (χ2v) is 4.70. The molecule has 0 amide bonds. The van der Waals surface area contributed by atoms with E-state index in [9.17, 15) is 0 Å². The summed E-state index contributed by atoms with van der Waals surface area (Å²) in [5.41, 5.74) is 0. The zero-order chi connectivity index (χ0) is 13.8. The minimum absolute atomic E-state index is 0.0317. The van der Waals surface area contributed by atoms with E-state index in [0.29, 0.717) is 0 Å². The van der Waals surface area contributed by atoms with Crippen LogP contribution < -0.4 is 0 Å². The zero-order valence-corrected chi connectivity index (χ0v) is 13.1. The van der Waals surface area contributed by atoms with E-state index in [4.69, 9.17) is 9.47 Å². The second-order valence-electron chi connectivity index (χ2n) is 4.70. The molecule has 0 spiro atoms. The maximum atomic E-state index is 5.59. The molecule has 3 heteroatoms. The molecule has 0 bridgehead atoms. The molecule has 3 nitrogen and oxygen atoms in total. The van der Waals surface area contributed by atoms with E-state index < -0.39 is 0 Å². The van der Waals surface area contributed by atoms with Crippen LogP contribution in [0.25, 0.3) is 0 Å². The Labute approximate surface area is 114 Å². The predicted octanol–water partition coefficient (Wildman–Crippen LogP) is 3.53. The Hall–Kier alpha value is -0.120. The van der Waals surface area contributed by atoms with Crippen molar-refractivity contribution in [2.45, 2.75) is 60.2 Å². The molecule has 0 radical (unpaired) electrons. The first-order valence-corrected chi connectivity index (χ1v) is 7.67. The third-order valence-corrected chi connectivity index (χ3v) is 3.50. The predicted molar refractivity (Wildman–Crippen MR) is 77.8 cm³/mol. The Bertz CT molecular complexity index is 166. The fourth-order valence-corrected chi connectivity index (χ4v) is 2.17. The van der Waals surface area contributed by atoms with Crippen molar-refractivity contribution in [3.63, 3.8) is 0 Å². The Kier molecular flexibility index (Phi) is 11.9. The molecular formula is C15H33NO2. The summed E-state index contributed by atoms with van der Waals surface area (Å²) in [5.74, 6) is 0.822. The van der Waals surface area contributed by atoms with Gasteiger partial charge in [0, 0.05) is 32.7 Å². The highest BCUT2D eigenvalue weighted by Gasteiger charge is 2.13. The van der Waals surface area contributed by atoms with Crippen LogP contribution in [0, 0.1) is 5.92 Å². The highest BCUT2D eigenvalue weighted by molar-refractivity contribution is 4.64. The van der Waals surface area contributed by atoms with Crippen LogP contribution in [-0.4, -0.2) is 44.0 Å². The molecule has 0 atom stereocenters. The van der Waals surface area contributed by atoms with E-state index in [2.05, 4.69) is 25.7 Å². The molecule has 0 unspecified atom stereocenters. The number of nitrogens with zero attached hydrogens (tertiary/aromatic N) is 1. The first-order chi connectivity index (χ1) is 8.71. The molecule has 0 fully saturated rings. The van der Waals surface area contributed by atoms with Gasteiger partial charge in [0.05, 0.1) is 0 Å². The van der Waals surface area contributed by atoms with Gasteiger partial charge < -0.3 is 14.4 Å².